The van der Waals surface area contributed by atoms with Crippen LogP contribution in [0.2, 0.25) is 0 Å². The van der Waals surface area contributed by atoms with Crippen LogP contribution in [0.25, 0.3) is 0 Å². The summed E-state index contributed by atoms with van der Waals surface area (Å²) in [6.45, 7) is 1.94. The first-order chi connectivity index (χ1) is 19.1. The summed E-state index contributed by atoms with van der Waals surface area (Å²) in [6, 6.07) is 35.1. The Balaban J connectivity index is 1.49. The highest BCUT2D eigenvalue weighted by Crippen LogP contribution is 2.48. The number of carbonyl (C=O) groups excluding carboxylic acids is 2. The summed E-state index contributed by atoms with van der Waals surface area (Å²) in [5, 5.41) is 3.58. The van der Waals surface area contributed by atoms with E-state index in [1.165, 1.54) is 0 Å². The van der Waals surface area contributed by atoms with Crippen LogP contribution < -0.4 is 15.0 Å². The van der Waals surface area contributed by atoms with Crippen LogP contribution in [-0.2, 0) is 16.2 Å². The van der Waals surface area contributed by atoms with Crippen molar-refractivity contribution in [1.29, 1.82) is 0 Å². The number of carbonyl (C=O) groups is 2. The lowest BCUT2D eigenvalue weighted by molar-refractivity contribution is -0.117. The van der Waals surface area contributed by atoms with Gasteiger partial charge in [-0.1, -0.05) is 91.0 Å². The summed E-state index contributed by atoms with van der Waals surface area (Å²) in [4.78, 5) is 29.2. The monoisotopic (exact) mass is 514 g/mol. The van der Waals surface area contributed by atoms with Crippen molar-refractivity contribution in [2.45, 2.75) is 38.3 Å². The van der Waals surface area contributed by atoms with Gasteiger partial charge in [0.15, 0.2) is 5.78 Å². The second-order valence-electron chi connectivity index (χ2n) is 10.1. The van der Waals surface area contributed by atoms with Gasteiger partial charge in [0.1, 0.15) is 12.4 Å². The number of para-hydroxylation sites is 3. The van der Waals surface area contributed by atoms with E-state index in [9.17, 15) is 9.59 Å². The third-order valence-corrected chi connectivity index (χ3v) is 7.55. The fraction of sp³-hybridized carbons (Fsp3) is 0.176. The van der Waals surface area contributed by atoms with Crippen molar-refractivity contribution in [3.8, 4) is 5.75 Å². The molecule has 39 heavy (non-hydrogen) atoms. The van der Waals surface area contributed by atoms with E-state index in [0.29, 0.717) is 30.8 Å². The molecule has 4 aromatic rings. The third kappa shape index (κ3) is 4.84. The fourth-order valence-electron chi connectivity index (χ4n) is 5.77. The van der Waals surface area contributed by atoms with Crippen LogP contribution in [-0.4, -0.2) is 11.7 Å². The van der Waals surface area contributed by atoms with Gasteiger partial charge in [0.25, 0.3) is 0 Å². The lowest BCUT2D eigenvalue weighted by atomic mass is 9.78. The molecular weight excluding hydrogens is 484 g/mol. The molecule has 0 radical (unpaired) electrons. The highest BCUT2D eigenvalue weighted by atomic mass is 16.5. The average molecular weight is 515 g/mol. The summed E-state index contributed by atoms with van der Waals surface area (Å²) in [6.07, 6.45) is 1.06. The number of rotatable bonds is 5. The SMILES string of the molecule is CC(=O)N1c2ccccc2NC2=C(C(=O)C[C@@H](c3ccccc3)C2)[C@@H]1c1ccccc1OCc1ccccc1. The molecule has 0 saturated heterocycles. The smallest absolute Gasteiger partial charge is 0.224 e. The number of nitrogens with zero attached hydrogens (tertiary/aromatic N) is 1. The predicted octanol–water partition coefficient (Wildman–Crippen LogP) is 7.19. The number of nitrogens with one attached hydrogen (secondary N) is 1. The zero-order chi connectivity index (χ0) is 26.8. The number of anilines is 2. The van der Waals surface area contributed by atoms with E-state index in [4.69, 9.17) is 4.74 Å². The van der Waals surface area contributed by atoms with Crippen molar-refractivity contribution >= 4 is 23.1 Å². The van der Waals surface area contributed by atoms with E-state index < -0.39 is 6.04 Å². The van der Waals surface area contributed by atoms with E-state index in [2.05, 4.69) is 17.4 Å². The van der Waals surface area contributed by atoms with E-state index in [1.54, 1.807) is 11.8 Å². The molecule has 0 bridgehead atoms. The maximum Gasteiger partial charge on any atom is 0.224 e. The van der Waals surface area contributed by atoms with Crippen molar-refractivity contribution in [1.82, 2.24) is 0 Å². The molecule has 2 atom stereocenters. The zero-order valence-corrected chi connectivity index (χ0v) is 21.8. The van der Waals surface area contributed by atoms with Gasteiger partial charge in [-0.15, -0.1) is 0 Å². The topological polar surface area (TPSA) is 58.6 Å². The van der Waals surface area contributed by atoms with Crippen molar-refractivity contribution in [2.75, 3.05) is 10.2 Å². The predicted molar refractivity (Wildman–Crippen MR) is 154 cm³/mol. The molecule has 194 valence electrons. The molecule has 1 N–H and O–H groups in total. The zero-order valence-electron chi connectivity index (χ0n) is 21.8. The van der Waals surface area contributed by atoms with Crippen LogP contribution >= 0.6 is 0 Å². The summed E-state index contributed by atoms with van der Waals surface area (Å²) < 4.78 is 6.35. The summed E-state index contributed by atoms with van der Waals surface area (Å²) >= 11 is 0. The van der Waals surface area contributed by atoms with Crippen LogP contribution in [0.5, 0.6) is 5.75 Å². The van der Waals surface area contributed by atoms with Gasteiger partial charge in [0.2, 0.25) is 5.91 Å². The van der Waals surface area contributed by atoms with Crippen LogP contribution in [0, 0.1) is 0 Å². The molecule has 0 aromatic heterocycles. The minimum absolute atomic E-state index is 0.0412. The second-order valence-corrected chi connectivity index (χ2v) is 10.1. The molecular formula is C34H30N2O3. The third-order valence-electron chi connectivity index (χ3n) is 7.55. The van der Waals surface area contributed by atoms with Crippen molar-refractivity contribution < 1.29 is 14.3 Å². The highest BCUT2D eigenvalue weighted by molar-refractivity contribution is 6.06. The van der Waals surface area contributed by atoms with Crippen LogP contribution in [0.4, 0.5) is 11.4 Å². The number of ether oxygens (including phenoxy) is 1. The molecule has 1 aliphatic carbocycles. The van der Waals surface area contributed by atoms with Gasteiger partial charge in [0.05, 0.1) is 17.4 Å². The molecule has 5 nitrogen and oxygen atoms in total. The maximum absolute atomic E-state index is 14.1. The number of allylic oxidation sites excluding steroid dienone is 1. The Kier molecular flexibility index (Phi) is 6.72. The average Bonchev–Trinajstić information content (AvgIpc) is 3.12. The molecule has 6 rings (SSSR count). The van der Waals surface area contributed by atoms with E-state index in [-0.39, 0.29) is 17.6 Å². The Bertz CT molecular complexity index is 1550. The fourth-order valence-corrected chi connectivity index (χ4v) is 5.77. The molecule has 0 saturated carbocycles. The molecule has 0 unspecified atom stereocenters. The second kappa shape index (κ2) is 10.6. The molecule has 0 spiro atoms. The summed E-state index contributed by atoms with van der Waals surface area (Å²) in [7, 11) is 0. The molecule has 2 aliphatic rings. The summed E-state index contributed by atoms with van der Waals surface area (Å²) in [5.74, 6) is 0.617. The number of ketones is 1. The maximum atomic E-state index is 14.1. The number of amides is 1. The van der Waals surface area contributed by atoms with Gasteiger partial charge in [-0.25, -0.2) is 0 Å². The number of Topliss-reactive ketones (excluding diaryl/α,β-unsaturated/α-hetero) is 1. The Morgan fingerprint density at radius 1 is 0.846 bits per heavy atom. The number of hydrogen-bond donors (Lipinski definition) is 1. The van der Waals surface area contributed by atoms with Gasteiger partial charge in [-0.3, -0.25) is 14.5 Å². The Morgan fingerprint density at radius 3 is 2.28 bits per heavy atom. The largest absolute Gasteiger partial charge is 0.489 e. The minimum atomic E-state index is -0.621. The highest BCUT2D eigenvalue weighted by Gasteiger charge is 2.41. The van der Waals surface area contributed by atoms with Crippen LogP contribution in [0.3, 0.4) is 0 Å². The van der Waals surface area contributed by atoms with Crippen LogP contribution in [0.15, 0.2) is 120 Å². The number of fused-ring (bicyclic) bond motifs is 1. The van der Waals surface area contributed by atoms with Gasteiger partial charge < -0.3 is 10.1 Å². The van der Waals surface area contributed by atoms with E-state index in [0.717, 1.165) is 33.8 Å². The van der Waals surface area contributed by atoms with E-state index >= 15 is 0 Å². The number of benzene rings is 4. The van der Waals surface area contributed by atoms with Crippen molar-refractivity contribution in [3.63, 3.8) is 0 Å². The van der Waals surface area contributed by atoms with Crippen LogP contribution in [0.1, 0.15) is 48.4 Å². The molecule has 1 aliphatic heterocycles. The first kappa shape index (κ1) is 24.7. The first-order valence-electron chi connectivity index (χ1n) is 13.3. The minimum Gasteiger partial charge on any atom is -0.489 e. The molecule has 5 heteroatoms. The Morgan fingerprint density at radius 2 is 1.51 bits per heavy atom. The normalized spacial score (nSPS) is 18.5. The van der Waals surface area contributed by atoms with E-state index in [1.807, 2.05) is 97.1 Å². The first-order valence-corrected chi connectivity index (χ1v) is 13.3. The molecule has 1 amide bonds. The van der Waals surface area contributed by atoms with Gasteiger partial charge in [-0.2, -0.15) is 0 Å². The lowest BCUT2D eigenvalue weighted by Gasteiger charge is -2.35. The van der Waals surface area contributed by atoms with Crippen molar-refractivity contribution in [3.05, 3.63) is 137 Å². The molecule has 0 fully saturated rings. The standard InChI is InChI=1S/C34H30N2O3/c1-23(37)36-30-18-10-9-17-28(30)35-29-20-26(25-14-6-3-7-15-25)21-31(38)33(29)34(36)27-16-8-11-19-32(27)39-22-24-12-4-2-5-13-24/h2-19,26,34-35H,20-22H2,1H3/t26-,34-/m0/s1. The number of hydrogen-bond acceptors (Lipinski definition) is 4. The molecule has 1 heterocycles. The Labute approximate surface area is 228 Å². The van der Waals surface area contributed by atoms with Gasteiger partial charge >= 0.3 is 0 Å². The Hall–Kier alpha value is -4.64. The summed E-state index contributed by atoms with van der Waals surface area (Å²) in [5.41, 5.74) is 6.02. The van der Waals surface area contributed by atoms with Gasteiger partial charge in [-0.05, 0) is 41.7 Å². The van der Waals surface area contributed by atoms with Gasteiger partial charge in [0, 0.05) is 30.2 Å². The van der Waals surface area contributed by atoms with Crippen molar-refractivity contribution in [2.24, 2.45) is 0 Å². The quantitative estimate of drug-likeness (QED) is 0.306. The lowest BCUT2D eigenvalue weighted by Crippen LogP contribution is -2.37. The molecule has 4 aromatic carbocycles.